The number of benzene rings is 1. The van der Waals surface area contributed by atoms with Gasteiger partial charge in [0.2, 0.25) is 0 Å². The van der Waals surface area contributed by atoms with Gasteiger partial charge >= 0.3 is 6.18 Å². The molecule has 1 aliphatic rings. The molecule has 0 radical (unpaired) electrons. The molecule has 1 aromatic rings. The van der Waals surface area contributed by atoms with E-state index >= 15 is 0 Å². The summed E-state index contributed by atoms with van der Waals surface area (Å²) in [5, 5.41) is 3.04. The monoisotopic (exact) mass is 326 g/mol. The number of likely N-dealkylation sites (N-methyl/N-ethyl adjacent to an activating group) is 1. The molecule has 118 valence electrons. The Balaban J connectivity index is 0.00000220. The number of rotatable bonds is 2. The summed E-state index contributed by atoms with van der Waals surface area (Å²) in [6, 6.07) is 2.62. The first-order valence-corrected chi connectivity index (χ1v) is 6.16. The van der Waals surface area contributed by atoms with E-state index < -0.39 is 29.0 Å². The first kappa shape index (κ1) is 17.7. The highest BCUT2D eigenvalue weighted by Crippen LogP contribution is 2.32. The average molecular weight is 327 g/mol. The van der Waals surface area contributed by atoms with Crippen molar-refractivity contribution < 1.29 is 22.4 Å². The molecule has 1 fully saturated rings. The summed E-state index contributed by atoms with van der Waals surface area (Å²) in [6.07, 6.45) is -4.11. The lowest BCUT2D eigenvalue weighted by atomic mass is 10.1. The van der Waals surface area contributed by atoms with Crippen LogP contribution in [0.5, 0.6) is 0 Å². The zero-order valence-corrected chi connectivity index (χ0v) is 12.0. The molecule has 1 atom stereocenters. The van der Waals surface area contributed by atoms with Gasteiger partial charge in [-0.15, -0.1) is 12.4 Å². The quantitative estimate of drug-likeness (QED) is 0.848. The fourth-order valence-electron chi connectivity index (χ4n) is 2.24. The van der Waals surface area contributed by atoms with Crippen LogP contribution in [-0.2, 0) is 6.18 Å². The van der Waals surface area contributed by atoms with E-state index in [9.17, 15) is 22.4 Å². The number of nitrogens with one attached hydrogen (secondary N) is 1. The first-order valence-electron chi connectivity index (χ1n) is 6.16. The Morgan fingerprint density at radius 3 is 2.57 bits per heavy atom. The van der Waals surface area contributed by atoms with Crippen molar-refractivity contribution in [2.75, 3.05) is 20.1 Å². The Morgan fingerprint density at radius 1 is 1.38 bits per heavy atom. The fraction of sp³-hybridized carbons (Fsp3) is 0.462. The minimum Gasteiger partial charge on any atom is -0.337 e. The normalized spacial score (nSPS) is 18.2. The third-order valence-corrected chi connectivity index (χ3v) is 3.44. The molecule has 1 saturated heterocycles. The van der Waals surface area contributed by atoms with Gasteiger partial charge in [-0.05, 0) is 25.1 Å². The van der Waals surface area contributed by atoms with Crippen LogP contribution in [0.4, 0.5) is 17.6 Å². The number of hydrogen-bond acceptors (Lipinski definition) is 2. The van der Waals surface area contributed by atoms with E-state index in [1.54, 1.807) is 0 Å². The fourth-order valence-corrected chi connectivity index (χ4v) is 2.24. The van der Waals surface area contributed by atoms with Crippen molar-refractivity contribution in [1.29, 1.82) is 0 Å². The molecule has 3 nitrogen and oxygen atoms in total. The Morgan fingerprint density at radius 2 is 2.05 bits per heavy atom. The van der Waals surface area contributed by atoms with Crippen molar-refractivity contribution in [1.82, 2.24) is 10.2 Å². The average Bonchev–Trinajstić information content (AvgIpc) is 2.89. The minimum atomic E-state index is -4.81. The third kappa shape index (κ3) is 3.65. The van der Waals surface area contributed by atoms with E-state index in [1.807, 2.05) is 0 Å². The largest absolute Gasteiger partial charge is 0.419 e. The van der Waals surface area contributed by atoms with Crippen molar-refractivity contribution in [3.05, 3.63) is 35.1 Å². The predicted molar refractivity (Wildman–Crippen MR) is 72.0 cm³/mol. The maximum Gasteiger partial charge on any atom is 0.419 e. The standard InChI is InChI=1S/C13H14F4N2O.ClH/c1-19(8-5-6-18-7-8)12(20)9-3-2-4-10(11(9)14)13(15,16)17;/h2-4,8,18H,5-7H2,1H3;1H. The highest BCUT2D eigenvalue weighted by molar-refractivity contribution is 5.94. The van der Waals surface area contributed by atoms with E-state index in [2.05, 4.69) is 5.32 Å². The second kappa shape index (κ2) is 6.62. The van der Waals surface area contributed by atoms with Crippen molar-refractivity contribution >= 4 is 18.3 Å². The highest BCUT2D eigenvalue weighted by Gasteiger charge is 2.36. The predicted octanol–water partition coefficient (Wildman–Crippen LogP) is 2.70. The molecule has 0 spiro atoms. The molecule has 21 heavy (non-hydrogen) atoms. The highest BCUT2D eigenvalue weighted by atomic mass is 35.5. The van der Waals surface area contributed by atoms with Gasteiger partial charge in [-0.3, -0.25) is 4.79 Å². The van der Waals surface area contributed by atoms with Gasteiger partial charge in [0.1, 0.15) is 5.82 Å². The molecule has 1 amide bonds. The molecule has 0 saturated carbocycles. The lowest BCUT2D eigenvalue weighted by molar-refractivity contribution is -0.140. The van der Waals surface area contributed by atoms with Crippen LogP contribution in [0.1, 0.15) is 22.3 Å². The van der Waals surface area contributed by atoms with Gasteiger partial charge in [0.15, 0.2) is 0 Å². The first-order chi connectivity index (χ1) is 9.32. The molecule has 1 unspecified atom stereocenters. The van der Waals surface area contributed by atoms with E-state index in [0.717, 1.165) is 18.7 Å². The molecule has 1 N–H and O–H groups in total. The topological polar surface area (TPSA) is 32.3 Å². The van der Waals surface area contributed by atoms with Crippen LogP contribution >= 0.6 is 12.4 Å². The summed E-state index contributed by atoms with van der Waals surface area (Å²) < 4.78 is 51.7. The van der Waals surface area contributed by atoms with Gasteiger partial charge in [-0.1, -0.05) is 6.07 Å². The summed E-state index contributed by atoms with van der Waals surface area (Å²) in [5.74, 6) is -2.25. The van der Waals surface area contributed by atoms with Crippen LogP contribution in [-0.4, -0.2) is 37.0 Å². The van der Waals surface area contributed by atoms with Crippen LogP contribution in [0.15, 0.2) is 18.2 Å². The molecular formula is C13H15ClF4N2O. The maximum absolute atomic E-state index is 13.9. The van der Waals surface area contributed by atoms with Crippen molar-refractivity contribution in [2.45, 2.75) is 18.6 Å². The molecule has 0 aliphatic carbocycles. The van der Waals surface area contributed by atoms with Crippen LogP contribution in [0.2, 0.25) is 0 Å². The zero-order chi connectivity index (χ0) is 14.9. The molecule has 1 aromatic carbocycles. The number of halogens is 5. The van der Waals surface area contributed by atoms with Crippen molar-refractivity contribution in [2.24, 2.45) is 0 Å². The number of nitrogens with zero attached hydrogens (tertiary/aromatic N) is 1. The summed E-state index contributed by atoms with van der Waals surface area (Å²) in [4.78, 5) is 13.4. The molecular weight excluding hydrogens is 312 g/mol. The summed E-state index contributed by atoms with van der Waals surface area (Å²) >= 11 is 0. The van der Waals surface area contributed by atoms with Crippen LogP contribution in [0, 0.1) is 5.82 Å². The SMILES string of the molecule is CN(C(=O)c1cccc(C(F)(F)F)c1F)C1CCNC1.Cl. The minimum absolute atomic E-state index is 0. The molecule has 8 heteroatoms. The van der Waals surface area contributed by atoms with E-state index in [4.69, 9.17) is 0 Å². The van der Waals surface area contributed by atoms with Crippen LogP contribution in [0.25, 0.3) is 0 Å². The lowest BCUT2D eigenvalue weighted by Gasteiger charge is -2.24. The third-order valence-electron chi connectivity index (χ3n) is 3.44. The van der Waals surface area contributed by atoms with Gasteiger partial charge in [0, 0.05) is 19.6 Å². The summed E-state index contributed by atoms with van der Waals surface area (Å²) in [6.45, 7) is 1.29. The number of hydrogen-bond donors (Lipinski definition) is 1. The van der Waals surface area contributed by atoms with Gasteiger partial charge in [0.25, 0.3) is 5.91 Å². The Hall–Kier alpha value is -1.34. The van der Waals surface area contributed by atoms with Crippen LogP contribution in [0.3, 0.4) is 0 Å². The second-order valence-corrected chi connectivity index (χ2v) is 4.73. The number of alkyl halides is 3. The molecule has 1 aliphatic heterocycles. The van der Waals surface area contributed by atoms with Gasteiger partial charge < -0.3 is 10.2 Å². The Bertz CT molecular complexity index is 515. The smallest absolute Gasteiger partial charge is 0.337 e. The second-order valence-electron chi connectivity index (χ2n) is 4.73. The van der Waals surface area contributed by atoms with Crippen molar-refractivity contribution in [3.8, 4) is 0 Å². The summed E-state index contributed by atoms with van der Waals surface area (Å²) in [5.41, 5.74) is -1.96. The molecule has 0 bridgehead atoms. The Labute approximate surface area is 125 Å². The maximum atomic E-state index is 13.9. The van der Waals surface area contributed by atoms with E-state index in [-0.39, 0.29) is 18.4 Å². The molecule has 2 rings (SSSR count). The summed E-state index contributed by atoms with van der Waals surface area (Å²) in [7, 11) is 1.47. The van der Waals surface area contributed by atoms with Crippen molar-refractivity contribution in [3.63, 3.8) is 0 Å². The Kier molecular flexibility index (Phi) is 5.58. The zero-order valence-electron chi connectivity index (χ0n) is 11.2. The van der Waals surface area contributed by atoms with Gasteiger partial charge in [-0.25, -0.2) is 4.39 Å². The number of amides is 1. The number of carbonyl (C=O) groups is 1. The van der Waals surface area contributed by atoms with E-state index in [1.165, 1.54) is 11.9 Å². The van der Waals surface area contributed by atoms with Crippen LogP contribution < -0.4 is 5.32 Å². The van der Waals surface area contributed by atoms with Gasteiger partial charge in [-0.2, -0.15) is 13.2 Å². The number of carbonyl (C=O) groups excluding carboxylic acids is 1. The lowest BCUT2D eigenvalue weighted by Crippen LogP contribution is -2.38. The molecule has 0 aromatic heterocycles. The van der Waals surface area contributed by atoms with Gasteiger partial charge in [0.05, 0.1) is 11.1 Å². The molecule has 1 heterocycles. The van der Waals surface area contributed by atoms with E-state index in [0.29, 0.717) is 19.0 Å².